The Balaban J connectivity index is 4.54. The zero-order valence-electron chi connectivity index (χ0n) is 9.81. The standard InChI is InChI=1S/C10H17NO5/c1-6(11-9(14)15)7(5-12)8(13)16-10(2,3)4/h5-7,11H,1-4H3,(H,14,15). The van der Waals surface area contributed by atoms with E-state index in [9.17, 15) is 14.4 Å². The van der Waals surface area contributed by atoms with E-state index in [2.05, 4.69) is 0 Å². The summed E-state index contributed by atoms with van der Waals surface area (Å²) in [6.45, 7) is 6.43. The van der Waals surface area contributed by atoms with E-state index in [0.29, 0.717) is 6.29 Å². The maximum absolute atomic E-state index is 11.5. The SMILES string of the molecule is CC(NC(=O)O)C(C=O)C(=O)OC(C)(C)C. The summed E-state index contributed by atoms with van der Waals surface area (Å²) in [5.74, 6) is -1.86. The third-order valence-electron chi connectivity index (χ3n) is 1.72. The van der Waals surface area contributed by atoms with Crippen LogP contribution in [-0.4, -0.2) is 35.1 Å². The van der Waals surface area contributed by atoms with Gasteiger partial charge in [-0.05, 0) is 27.7 Å². The molecule has 0 fully saturated rings. The number of ether oxygens (including phenoxy) is 1. The summed E-state index contributed by atoms with van der Waals surface area (Å²) >= 11 is 0. The first-order valence-corrected chi connectivity index (χ1v) is 4.85. The largest absolute Gasteiger partial charge is 0.465 e. The average Bonchev–Trinajstić information content (AvgIpc) is 1.99. The summed E-state index contributed by atoms with van der Waals surface area (Å²) in [5.41, 5.74) is -0.707. The van der Waals surface area contributed by atoms with Crippen molar-refractivity contribution in [3.63, 3.8) is 0 Å². The Labute approximate surface area is 94.0 Å². The summed E-state index contributed by atoms with van der Waals surface area (Å²) in [6.07, 6.45) is -0.905. The van der Waals surface area contributed by atoms with Gasteiger partial charge in [0.05, 0.1) is 0 Å². The molecule has 0 saturated carbocycles. The number of nitrogens with one attached hydrogen (secondary N) is 1. The molecule has 6 nitrogen and oxygen atoms in total. The molecule has 0 saturated heterocycles. The first-order valence-electron chi connectivity index (χ1n) is 4.85. The fraction of sp³-hybridized carbons (Fsp3) is 0.700. The van der Waals surface area contributed by atoms with E-state index in [1.54, 1.807) is 20.8 Å². The highest BCUT2D eigenvalue weighted by molar-refractivity contribution is 5.89. The van der Waals surface area contributed by atoms with Crippen LogP contribution in [0.3, 0.4) is 0 Å². The quantitative estimate of drug-likeness (QED) is 0.424. The molecule has 0 aliphatic rings. The minimum atomic E-state index is -1.29. The van der Waals surface area contributed by atoms with Crippen LogP contribution < -0.4 is 5.32 Å². The van der Waals surface area contributed by atoms with Crippen LogP contribution in [0, 0.1) is 5.92 Å². The first kappa shape index (κ1) is 14.4. The molecule has 0 radical (unpaired) electrons. The molecule has 0 bridgehead atoms. The zero-order valence-corrected chi connectivity index (χ0v) is 9.81. The van der Waals surface area contributed by atoms with E-state index < -0.39 is 29.6 Å². The third-order valence-corrected chi connectivity index (χ3v) is 1.72. The van der Waals surface area contributed by atoms with Crippen LogP contribution in [0.2, 0.25) is 0 Å². The van der Waals surface area contributed by atoms with Crippen molar-refractivity contribution in [1.29, 1.82) is 0 Å². The van der Waals surface area contributed by atoms with Crippen LogP contribution in [0.15, 0.2) is 0 Å². The minimum absolute atomic E-state index is 0.384. The maximum atomic E-state index is 11.5. The lowest BCUT2D eigenvalue weighted by Gasteiger charge is -2.24. The molecule has 2 atom stereocenters. The Morgan fingerprint density at radius 3 is 2.19 bits per heavy atom. The van der Waals surface area contributed by atoms with E-state index in [0.717, 1.165) is 0 Å². The van der Waals surface area contributed by atoms with Gasteiger partial charge in [0, 0.05) is 6.04 Å². The second-order valence-corrected chi connectivity index (χ2v) is 4.43. The third kappa shape index (κ3) is 5.33. The monoisotopic (exact) mass is 231 g/mol. The molecule has 0 aliphatic heterocycles. The average molecular weight is 231 g/mol. The summed E-state index contributed by atoms with van der Waals surface area (Å²) in [5, 5.41) is 10.5. The fourth-order valence-corrected chi connectivity index (χ4v) is 1.03. The van der Waals surface area contributed by atoms with Gasteiger partial charge >= 0.3 is 12.1 Å². The summed E-state index contributed by atoms with van der Waals surface area (Å²) in [4.78, 5) is 32.6. The summed E-state index contributed by atoms with van der Waals surface area (Å²) < 4.78 is 4.99. The van der Waals surface area contributed by atoms with Crippen molar-refractivity contribution in [1.82, 2.24) is 5.32 Å². The fourth-order valence-electron chi connectivity index (χ4n) is 1.03. The molecule has 92 valence electrons. The number of carbonyl (C=O) groups excluding carboxylic acids is 2. The van der Waals surface area contributed by atoms with Crippen LogP contribution in [-0.2, 0) is 14.3 Å². The van der Waals surface area contributed by atoms with Gasteiger partial charge in [-0.3, -0.25) is 4.79 Å². The smallest absolute Gasteiger partial charge is 0.404 e. The normalized spacial score (nSPS) is 14.8. The van der Waals surface area contributed by atoms with E-state index in [4.69, 9.17) is 9.84 Å². The molecule has 0 aliphatic carbocycles. The van der Waals surface area contributed by atoms with Gasteiger partial charge in [-0.25, -0.2) is 4.79 Å². The Kier molecular flexibility index (Phi) is 4.94. The number of esters is 1. The molecule has 6 heteroatoms. The van der Waals surface area contributed by atoms with Gasteiger partial charge < -0.3 is 20.0 Å². The van der Waals surface area contributed by atoms with Crippen molar-refractivity contribution in [3.8, 4) is 0 Å². The van der Waals surface area contributed by atoms with Crippen molar-refractivity contribution in [2.45, 2.75) is 39.3 Å². The molecule has 0 spiro atoms. The molecular weight excluding hydrogens is 214 g/mol. The molecule has 0 aromatic carbocycles. The number of carbonyl (C=O) groups is 3. The van der Waals surface area contributed by atoms with Crippen molar-refractivity contribution in [2.24, 2.45) is 5.92 Å². The van der Waals surface area contributed by atoms with Gasteiger partial charge in [0.1, 0.15) is 17.8 Å². The van der Waals surface area contributed by atoms with Gasteiger partial charge in [0.15, 0.2) is 0 Å². The van der Waals surface area contributed by atoms with Crippen LogP contribution >= 0.6 is 0 Å². The van der Waals surface area contributed by atoms with E-state index in [1.165, 1.54) is 6.92 Å². The second kappa shape index (κ2) is 5.48. The summed E-state index contributed by atoms with van der Waals surface area (Å²) in [6, 6.07) is -0.815. The molecule has 16 heavy (non-hydrogen) atoms. The maximum Gasteiger partial charge on any atom is 0.404 e. The molecule has 0 rings (SSSR count). The van der Waals surface area contributed by atoms with Crippen molar-refractivity contribution < 1.29 is 24.2 Å². The van der Waals surface area contributed by atoms with Crippen LogP contribution in [0.1, 0.15) is 27.7 Å². The first-order chi connectivity index (χ1) is 7.17. The molecule has 2 unspecified atom stereocenters. The molecule has 0 aromatic rings. The van der Waals surface area contributed by atoms with Gasteiger partial charge in [-0.2, -0.15) is 0 Å². The second-order valence-electron chi connectivity index (χ2n) is 4.43. The van der Waals surface area contributed by atoms with Crippen LogP contribution in [0.4, 0.5) is 4.79 Å². The van der Waals surface area contributed by atoms with Crippen LogP contribution in [0.25, 0.3) is 0 Å². The van der Waals surface area contributed by atoms with Crippen molar-refractivity contribution >= 4 is 18.3 Å². The highest BCUT2D eigenvalue weighted by Crippen LogP contribution is 2.12. The molecule has 1 amide bonds. The predicted molar refractivity (Wildman–Crippen MR) is 56.0 cm³/mol. The predicted octanol–water partition coefficient (Wildman–Crippen LogP) is 0.799. The number of amides is 1. The number of hydrogen-bond donors (Lipinski definition) is 2. The van der Waals surface area contributed by atoms with E-state index in [1.807, 2.05) is 5.32 Å². The highest BCUT2D eigenvalue weighted by atomic mass is 16.6. The number of rotatable bonds is 4. The van der Waals surface area contributed by atoms with E-state index >= 15 is 0 Å². The Hall–Kier alpha value is -1.59. The Morgan fingerprint density at radius 2 is 1.88 bits per heavy atom. The number of hydrogen-bond acceptors (Lipinski definition) is 4. The zero-order chi connectivity index (χ0) is 12.9. The molecule has 0 heterocycles. The lowest BCUT2D eigenvalue weighted by molar-refractivity contribution is -0.161. The van der Waals surface area contributed by atoms with Gasteiger partial charge in [-0.1, -0.05) is 0 Å². The summed E-state index contributed by atoms with van der Waals surface area (Å²) in [7, 11) is 0. The lowest BCUT2D eigenvalue weighted by Crippen LogP contribution is -2.43. The Bertz CT molecular complexity index is 281. The van der Waals surface area contributed by atoms with E-state index in [-0.39, 0.29) is 0 Å². The van der Waals surface area contributed by atoms with Gasteiger partial charge in [0.2, 0.25) is 0 Å². The Morgan fingerprint density at radius 1 is 1.38 bits per heavy atom. The molecule has 0 aromatic heterocycles. The minimum Gasteiger partial charge on any atom is -0.465 e. The molecule has 2 N–H and O–H groups in total. The highest BCUT2D eigenvalue weighted by Gasteiger charge is 2.30. The van der Waals surface area contributed by atoms with Crippen molar-refractivity contribution in [3.05, 3.63) is 0 Å². The lowest BCUT2D eigenvalue weighted by atomic mass is 10.0. The van der Waals surface area contributed by atoms with Gasteiger partial charge in [0.25, 0.3) is 0 Å². The van der Waals surface area contributed by atoms with Crippen LogP contribution in [0.5, 0.6) is 0 Å². The van der Waals surface area contributed by atoms with Gasteiger partial charge in [-0.15, -0.1) is 0 Å². The topological polar surface area (TPSA) is 92.7 Å². The molecular formula is C10H17NO5. The number of carboxylic acid groups (broad SMARTS) is 1. The number of aldehydes is 1. The van der Waals surface area contributed by atoms with Crippen molar-refractivity contribution in [2.75, 3.05) is 0 Å².